The van der Waals surface area contributed by atoms with Gasteiger partial charge >= 0.3 is 6.09 Å². The number of thiophene rings is 1. The smallest absolute Gasteiger partial charge is 0.407 e. The molecule has 1 aromatic rings. The lowest BCUT2D eigenvalue weighted by atomic mass is 10.1. The highest BCUT2D eigenvalue weighted by molar-refractivity contribution is 7.10. The Kier molecular flexibility index (Phi) is 5.44. The van der Waals surface area contributed by atoms with Gasteiger partial charge in [0.15, 0.2) is 0 Å². The zero-order chi connectivity index (χ0) is 12.8. The molecule has 0 saturated heterocycles. The normalized spacial score (nSPS) is 12.7. The van der Waals surface area contributed by atoms with Crippen LogP contribution in [0.15, 0.2) is 17.5 Å². The number of hydrogen-bond acceptors (Lipinski definition) is 3. The van der Waals surface area contributed by atoms with E-state index in [2.05, 4.69) is 0 Å². The van der Waals surface area contributed by atoms with Crippen LogP contribution in [0, 0.1) is 5.92 Å². The first-order valence-corrected chi connectivity index (χ1v) is 6.58. The van der Waals surface area contributed by atoms with Crippen molar-refractivity contribution in [1.29, 1.82) is 0 Å². The zero-order valence-corrected chi connectivity index (χ0v) is 11.0. The highest BCUT2D eigenvalue weighted by Crippen LogP contribution is 2.21. The number of aliphatic hydroxyl groups is 1. The van der Waals surface area contributed by atoms with E-state index in [9.17, 15) is 9.90 Å². The highest BCUT2D eigenvalue weighted by Gasteiger charge is 2.16. The molecule has 5 heteroatoms. The van der Waals surface area contributed by atoms with Gasteiger partial charge in [0.2, 0.25) is 0 Å². The number of hydrogen-bond donors (Lipinski definition) is 2. The number of amides is 1. The van der Waals surface area contributed by atoms with Crippen molar-refractivity contribution in [1.82, 2.24) is 4.90 Å². The quantitative estimate of drug-likeness (QED) is 0.823. The Morgan fingerprint density at radius 1 is 1.53 bits per heavy atom. The van der Waals surface area contributed by atoms with Gasteiger partial charge in [-0.3, -0.25) is 0 Å². The fourth-order valence-electron chi connectivity index (χ4n) is 1.61. The van der Waals surface area contributed by atoms with Gasteiger partial charge in [-0.25, -0.2) is 4.79 Å². The van der Waals surface area contributed by atoms with Crippen LogP contribution in [0.2, 0.25) is 0 Å². The van der Waals surface area contributed by atoms with Gasteiger partial charge in [0, 0.05) is 18.0 Å². The van der Waals surface area contributed by atoms with Gasteiger partial charge in [-0.05, 0) is 23.8 Å². The lowest BCUT2D eigenvalue weighted by Gasteiger charge is -2.22. The Morgan fingerprint density at radius 3 is 2.71 bits per heavy atom. The van der Waals surface area contributed by atoms with Gasteiger partial charge in [0.25, 0.3) is 0 Å². The molecule has 1 atom stereocenters. The van der Waals surface area contributed by atoms with Gasteiger partial charge in [-0.15, -0.1) is 11.3 Å². The van der Waals surface area contributed by atoms with Crippen LogP contribution in [-0.2, 0) is 0 Å². The fourth-order valence-corrected chi connectivity index (χ4v) is 2.35. The minimum Gasteiger partial charge on any atom is -0.465 e. The molecule has 1 aromatic heterocycles. The van der Waals surface area contributed by atoms with E-state index in [4.69, 9.17) is 5.11 Å². The molecule has 2 N–H and O–H groups in total. The number of rotatable bonds is 6. The van der Waals surface area contributed by atoms with Crippen molar-refractivity contribution < 1.29 is 15.0 Å². The lowest BCUT2D eigenvalue weighted by molar-refractivity contribution is 0.117. The Balaban J connectivity index is 2.44. The molecule has 0 fully saturated rings. The molecular weight excluding hydrogens is 238 g/mol. The summed E-state index contributed by atoms with van der Waals surface area (Å²) in [5.74, 6) is 0.296. The monoisotopic (exact) mass is 257 g/mol. The Bertz CT molecular complexity index is 338. The second-order valence-corrected chi connectivity index (χ2v) is 5.42. The third kappa shape index (κ3) is 4.75. The van der Waals surface area contributed by atoms with Crippen molar-refractivity contribution in [2.75, 3.05) is 13.1 Å². The number of carbonyl (C=O) groups is 1. The van der Waals surface area contributed by atoms with Crippen LogP contribution in [0.25, 0.3) is 0 Å². The summed E-state index contributed by atoms with van der Waals surface area (Å²) in [6.45, 7) is 4.83. The predicted molar refractivity (Wildman–Crippen MR) is 68.3 cm³/mol. The van der Waals surface area contributed by atoms with Crippen LogP contribution >= 0.6 is 11.3 Å². The van der Waals surface area contributed by atoms with Crippen LogP contribution in [-0.4, -0.2) is 34.3 Å². The lowest BCUT2D eigenvalue weighted by Crippen LogP contribution is -2.34. The van der Waals surface area contributed by atoms with E-state index < -0.39 is 12.2 Å². The number of nitrogens with zero attached hydrogens (tertiary/aromatic N) is 1. The van der Waals surface area contributed by atoms with Crippen molar-refractivity contribution in [3.05, 3.63) is 22.4 Å². The first-order valence-electron chi connectivity index (χ1n) is 5.70. The average Bonchev–Trinajstić information content (AvgIpc) is 2.76. The molecule has 17 heavy (non-hydrogen) atoms. The number of aliphatic hydroxyl groups excluding tert-OH is 1. The molecule has 96 valence electrons. The van der Waals surface area contributed by atoms with Crippen LogP contribution < -0.4 is 0 Å². The average molecular weight is 257 g/mol. The maximum Gasteiger partial charge on any atom is 0.407 e. The minimum absolute atomic E-state index is 0.296. The van der Waals surface area contributed by atoms with Crippen LogP contribution in [0.4, 0.5) is 4.79 Å². The van der Waals surface area contributed by atoms with Crippen molar-refractivity contribution in [3.63, 3.8) is 0 Å². The Morgan fingerprint density at radius 2 is 2.24 bits per heavy atom. The molecule has 1 amide bonds. The number of carboxylic acid groups (broad SMARTS) is 1. The van der Waals surface area contributed by atoms with Gasteiger partial charge in [0.05, 0.1) is 6.10 Å². The van der Waals surface area contributed by atoms with E-state index in [-0.39, 0.29) is 0 Å². The molecule has 4 nitrogen and oxygen atoms in total. The topological polar surface area (TPSA) is 60.8 Å². The van der Waals surface area contributed by atoms with E-state index >= 15 is 0 Å². The summed E-state index contributed by atoms with van der Waals surface area (Å²) in [6, 6.07) is 3.75. The second kappa shape index (κ2) is 6.61. The predicted octanol–water partition coefficient (Wildman–Crippen LogP) is 2.81. The summed E-state index contributed by atoms with van der Waals surface area (Å²) in [5, 5.41) is 20.8. The third-order valence-electron chi connectivity index (χ3n) is 2.40. The molecule has 0 saturated carbocycles. The maximum atomic E-state index is 11.0. The maximum absolute atomic E-state index is 11.0. The summed E-state index contributed by atoms with van der Waals surface area (Å²) < 4.78 is 0. The summed E-state index contributed by atoms with van der Waals surface area (Å²) in [4.78, 5) is 13.2. The molecule has 0 aromatic carbocycles. The molecule has 1 rings (SSSR count). The summed E-state index contributed by atoms with van der Waals surface area (Å²) in [7, 11) is 0. The summed E-state index contributed by atoms with van der Waals surface area (Å²) in [5.41, 5.74) is 0. The first-order chi connectivity index (χ1) is 8.00. The molecule has 0 unspecified atom stereocenters. The van der Waals surface area contributed by atoms with Crippen molar-refractivity contribution >= 4 is 17.4 Å². The Hall–Kier alpha value is -1.07. The highest BCUT2D eigenvalue weighted by atomic mass is 32.1. The molecule has 0 spiro atoms. The van der Waals surface area contributed by atoms with E-state index in [0.717, 1.165) is 4.88 Å². The SMILES string of the molecule is CC(C)CN(CC[C@H](O)c1cccs1)C(=O)O. The van der Waals surface area contributed by atoms with Crippen molar-refractivity contribution in [2.45, 2.75) is 26.4 Å². The van der Waals surface area contributed by atoms with E-state index in [0.29, 0.717) is 25.4 Å². The van der Waals surface area contributed by atoms with Crippen molar-refractivity contribution in [3.8, 4) is 0 Å². The van der Waals surface area contributed by atoms with Gasteiger partial charge in [0.1, 0.15) is 0 Å². The van der Waals surface area contributed by atoms with E-state index in [1.54, 1.807) is 0 Å². The molecule has 0 radical (unpaired) electrons. The molecule has 0 aliphatic carbocycles. The largest absolute Gasteiger partial charge is 0.465 e. The third-order valence-corrected chi connectivity index (χ3v) is 3.37. The Labute approximate surface area is 106 Å². The van der Waals surface area contributed by atoms with Crippen molar-refractivity contribution in [2.24, 2.45) is 5.92 Å². The fraction of sp³-hybridized carbons (Fsp3) is 0.583. The zero-order valence-electron chi connectivity index (χ0n) is 10.2. The van der Waals surface area contributed by atoms with E-state index in [1.165, 1.54) is 16.2 Å². The minimum atomic E-state index is -0.919. The summed E-state index contributed by atoms with van der Waals surface area (Å²) in [6.07, 6.45) is -1.04. The van der Waals surface area contributed by atoms with Crippen LogP contribution in [0.5, 0.6) is 0 Å². The first kappa shape index (κ1) is 14.0. The molecule has 1 heterocycles. The standard InChI is InChI=1S/C12H19NO3S/c1-9(2)8-13(12(15)16)6-5-10(14)11-4-3-7-17-11/h3-4,7,9-10,14H,5-6,8H2,1-2H3,(H,15,16)/t10-/m0/s1. The van der Waals surface area contributed by atoms with E-state index in [1.807, 2.05) is 31.4 Å². The molecule has 0 bridgehead atoms. The van der Waals surface area contributed by atoms with Gasteiger partial charge in [-0.2, -0.15) is 0 Å². The van der Waals surface area contributed by atoms with Crippen LogP contribution in [0.3, 0.4) is 0 Å². The van der Waals surface area contributed by atoms with Gasteiger partial charge in [-0.1, -0.05) is 19.9 Å². The van der Waals surface area contributed by atoms with Crippen LogP contribution in [0.1, 0.15) is 31.2 Å². The molecule has 0 aliphatic rings. The van der Waals surface area contributed by atoms with Gasteiger partial charge < -0.3 is 15.1 Å². The second-order valence-electron chi connectivity index (χ2n) is 4.44. The summed E-state index contributed by atoms with van der Waals surface area (Å²) >= 11 is 1.49. The molecule has 0 aliphatic heterocycles. The molecular formula is C12H19NO3S.